The molecule has 0 bridgehead atoms. The number of halogens is 3. The standard InChI is InChI=1S/C24H21F3N4O/c1-14-4-9-18(15(2)10-14)21-11-19(20-13-29-31(3)22(20)30-21)23(32)28-12-16-5-7-17(8-6-16)24(25,26)27/h4-11,13H,12H2,1-3H3,(H,28,32). The molecule has 0 spiro atoms. The summed E-state index contributed by atoms with van der Waals surface area (Å²) in [7, 11) is 1.75. The molecule has 0 aliphatic heterocycles. The highest BCUT2D eigenvalue weighted by molar-refractivity contribution is 6.06. The molecule has 4 aromatic rings. The largest absolute Gasteiger partial charge is 0.416 e. The lowest BCUT2D eigenvalue weighted by atomic mass is 10.0. The zero-order valence-corrected chi connectivity index (χ0v) is 17.8. The summed E-state index contributed by atoms with van der Waals surface area (Å²) in [5.41, 5.74) is 4.55. The molecule has 0 atom stereocenters. The van der Waals surface area contributed by atoms with Crippen molar-refractivity contribution in [3.63, 3.8) is 0 Å². The number of fused-ring (bicyclic) bond motifs is 1. The van der Waals surface area contributed by atoms with Crippen LogP contribution in [0.5, 0.6) is 0 Å². The number of aromatic nitrogens is 3. The van der Waals surface area contributed by atoms with E-state index in [0.29, 0.717) is 27.9 Å². The van der Waals surface area contributed by atoms with E-state index in [1.54, 1.807) is 24.0 Å². The zero-order chi connectivity index (χ0) is 23.0. The van der Waals surface area contributed by atoms with Gasteiger partial charge in [0.15, 0.2) is 5.65 Å². The molecule has 1 N–H and O–H groups in total. The van der Waals surface area contributed by atoms with Crippen molar-refractivity contribution in [1.82, 2.24) is 20.1 Å². The third-order valence-corrected chi connectivity index (χ3v) is 5.34. The number of hydrogen-bond acceptors (Lipinski definition) is 3. The topological polar surface area (TPSA) is 59.8 Å². The molecule has 0 aliphatic carbocycles. The van der Waals surface area contributed by atoms with Crippen LogP contribution in [0, 0.1) is 13.8 Å². The lowest BCUT2D eigenvalue weighted by Crippen LogP contribution is -2.23. The average molecular weight is 438 g/mol. The number of aryl methyl sites for hydroxylation is 3. The molecule has 1 amide bonds. The molecular formula is C24H21F3N4O. The molecule has 0 saturated heterocycles. The Kier molecular flexibility index (Phi) is 5.46. The second-order valence-electron chi connectivity index (χ2n) is 7.76. The number of benzene rings is 2. The highest BCUT2D eigenvalue weighted by Gasteiger charge is 2.29. The second-order valence-corrected chi connectivity index (χ2v) is 7.76. The molecule has 2 aromatic heterocycles. The second kappa shape index (κ2) is 8.11. The predicted molar refractivity (Wildman–Crippen MR) is 116 cm³/mol. The third-order valence-electron chi connectivity index (χ3n) is 5.34. The van der Waals surface area contributed by atoms with Crippen molar-refractivity contribution >= 4 is 16.9 Å². The summed E-state index contributed by atoms with van der Waals surface area (Å²) < 4.78 is 39.9. The highest BCUT2D eigenvalue weighted by Crippen LogP contribution is 2.29. The van der Waals surface area contributed by atoms with Gasteiger partial charge in [-0.3, -0.25) is 9.48 Å². The Morgan fingerprint density at radius 2 is 1.78 bits per heavy atom. The van der Waals surface area contributed by atoms with E-state index in [1.165, 1.54) is 12.1 Å². The molecule has 8 heteroatoms. The first kappa shape index (κ1) is 21.5. The minimum Gasteiger partial charge on any atom is -0.348 e. The van der Waals surface area contributed by atoms with Gasteiger partial charge in [-0.1, -0.05) is 35.9 Å². The van der Waals surface area contributed by atoms with Crippen molar-refractivity contribution < 1.29 is 18.0 Å². The van der Waals surface area contributed by atoms with Crippen molar-refractivity contribution in [3.8, 4) is 11.3 Å². The van der Waals surface area contributed by atoms with Crippen LogP contribution in [0.25, 0.3) is 22.3 Å². The highest BCUT2D eigenvalue weighted by atomic mass is 19.4. The van der Waals surface area contributed by atoms with E-state index in [0.717, 1.165) is 28.8 Å². The van der Waals surface area contributed by atoms with Crippen molar-refractivity contribution in [3.05, 3.63) is 82.5 Å². The number of carbonyl (C=O) groups excluding carboxylic acids is 1. The Morgan fingerprint density at radius 1 is 1.06 bits per heavy atom. The van der Waals surface area contributed by atoms with Crippen LogP contribution >= 0.6 is 0 Å². The number of nitrogens with zero attached hydrogens (tertiary/aromatic N) is 3. The van der Waals surface area contributed by atoms with Crippen molar-refractivity contribution in [2.45, 2.75) is 26.6 Å². The van der Waals surface area contributed by atoms with Gasteiger partial charge in [-0.2, -0.15) is 18.3 Å². The Hall–Kier alpha value is -3.68. The molecule has 32 heavy (non-hydrogen) atoms. The van der Waals surface area contributed by atoms with E-state index in [4.69, 9.17) is 4.98 Å². The summed E-state index contributed by atoms with van der Waals surface area (Å²) >= 11 is 0. The van der Waals surface area contributed by atoms with Gasteiger partial charge in [-0.25, -0.2) is 4.98 Å². The Morgan fingerprint density at radius 3 is 2.44 bits per heavy atom. The molecule has 0 radical (unpaired) electrons. The maximum absolute atomic E-state index is 13.0. The number of nitrogens with one attached hydrogen (secondary N) is 1. The van der Waals surface area contributed by atoms with Crippen LogP contribution in [0.4, 0.5) is 13.2 Å². The molecule has 164 valence electrons. The van der Waals surface area contributed by atoms with Crippen LogP contribution in [0.1, 0.15) is 32.6 Å². The fourth-order valence-electron chi connectivity index (χ4n) is 3.63. The lowest BCUT2D eigenvalue weighted by Gasteiger charge is -2.11. The van der Waals surface area contributed by atoms with Crippen LogP contribution in [-0.4, -0.2) is 20.7 Å². The van der Waals surface area contributed by atoms with Crippen LogP contribution in [0.15, 0.2) is 54.7 Å². The lowest BCUT2D eigenvalue weighted by molar-refractivity contribution is -0.137. The van der Waals surface area contributed by atoms with Crippen LogP contribution in [0.2, 0.25) is 0 Å². The number of carbonyl (C=O) groups is 1. The molecule has 0 unspecified atom stereocenters. The first-order valence-electron chi connectivity index (χ1n) is 9.98. The van der Waals surface area contributed by atoms with E-state index >= 15 is 0 Å². The Bertz CT molecular complexity index is 1310. The predicted octanol–water partition coefficient (Wildman–Crippen LogP) is 5.20. The summed E-state index contributed by atoms with van der Waals surface area (Å²) in [6.45, 7) is 4.09. The Labute approximate surface area is 182 Å². The maximum atomic E-state index is 13.0. The molecule has 2 aromatic carbocycles. The van der Waals surface area contributed by atoms with Crippen LogP contribution < -0.4 is 5.32 Å². The van der Waals surface area contributed by atoms with Gasteiger partial charge in [0.1, 0.15) is 0 Å². The van der Waals surface area contributed by atoms with Gasteiger partial charge in [0.05, 0.1) is 28.4 Å². The summed E-state index contributed by atoms with van der Waals surface area (Å²) in [4.78, 5) is 17.7. The fourth-order valence-corrected chi connectivity index (χ4v) is 3.63. The van der Waals surface area contributed by atoms with Gasteiger partial charge in [0, 0.05) is 19.2 Å². The SMILES string of the molecule is Cc1ccc(-c2cc(C(=O)NCc3ccc(C(F)(F)F)cc3)c3cnn(C)c3n2)c(C)c1. The van der Waals surface area contributed by atoms with E-state index in [1.807, 2.05) is 26.0 Å². The smallest absolute Gasteiger partial charge is 0.348 e. The summed E-state index contributed by atoms with van der Waals surface area (Å²) in [5, 5.41) is 7.62. The molecule has 0 saturated carbocycles. The summed E-state index contributed by atoms with van der Waals surface area (Å²) in [6, 6.07) is 12.5. The van der Waals surface area contributed by atoms with Gasteiger partial charge in [0.25, 0.3) is 5.91 Å². The third kappa shape index (κ3) is 4.21. The van der Waals surface area contributed by atoms with Crippen molar-refractivity contribution in [2.75, 3.05) is 0 Å². The average Bonchev–Trinajstić information content (AvgIpc) is 3.12. The molecule has 0 fully saturated rings. The number of alkyl halides is 3. The molecule has 4 rings (SSSR count). The minimum absolute atomic E-state index is 0.0972. The first-order valence-corrected chi connectivity index (χ1v) is 9.98. The number of hydrogen-bond donors (Lipinski definition) is 1. The quantitative estimate of drug-likeness (QED) is 0.476. The summed E-state index contributed by atoms with van der Waals surface area (Å²) in [6.07, 6.45) is -2.81. The first-order chi connectivity index (χ1) is 15.1. The van der Waals surface area contributed by atoms with Gasteiger partial charge < -0.3 is 5.32 Å². The van der Waals surface area contributed by atoms with Crippen molar-refractivity contribution in [2.24, 2.45) is 7.05 Å². The maximum Gasteiger partial charge on any atom is 0.416 e. The number of amides is 1. The minimum atomic E-state index is -4.39. The van der Waals surface area contributed by atoms with Gasteiger partial charge in [0.2, 0.25) is 0 Å². The molecule has 0 aliphatic rings. The normalized spacial score (nSPS) is 11.7. The number of pyridine rings is 1. The fraction of sp³-hybridized carbons (Fsp3) is 0.208. The molecule has 2 heterocycles. The van der Waals surface area contributed by atoms with Crippen LogP contribution in [-0.2, 0) is 19.8 Å². The zero-order valence-electron chi connectivity index (χ0n) is 17.8. The van der Waals surface area contributed by atoms with Crippen LogP contribution in [0.3, 0.4) is 0 Å². The summed E-state index contributed by atoms with van der Waals surface area (Å²) in [5.74, 6) is -0.351. The van der Waals surface area contributed by atoms with E-state index in [2.05, 4.69) is 16.5 Å². The van der Waals surface area contributed by atoms with Gasteiger partial charge >= 0.3 is 6.18 Å². The van der Waals surface area contributed by atoms with Crippen molar-refractivity contribution in [1.29, 1.82) is 0 Å². The Balaban J connectivity index is 1.65. The molecule has 5 nitrogen and oxygen atoms in total. The monoisotopic (exact) mass is 438 g/mol. The van der Waals surface area contributed by atoms with Gasteiger partial charge in [-0.05, 0) is 43.2 Å². The van der Waals surface area contributed by atoms with E-state index in [-0.39, 0.29) is 12.5 Å². The van der Waals surface area contributed by atoms with Gasteiger partial charge in [-0.15, -0.1) is 0 Å². The van der Waals surface area contributed by atoms with E-state index in [9.17, 15) is 18.0 Å². The van der Waals surface area contributed by atoms with E-state index < -0.39 is 11.7 Å². The number of rotatable bonds is 4. The molecular weight excluding hydrogens is 417 g/mol.